The van der Waals surface area contributed by atoms with E-state index < -0.39 is 0 Å². The Morgan fingerprint density at radius 3 is 2.78 bits per heavy atom. The maximum absolute atomic E-state index is 11.9. The molecule has 2 aromatic rings. The van der Waals surface area contributed by atoms with Gasteiger partial charge in [0.25, 0.3) is 5.91 Å². The zero-order valence-electron chi connectivity index (χ0n) is 12.9. The van der Waals surface area contributed by atoms with E-state index in [2.05, 4.69) is 10.5 Å². The number of hydrazone groups is 1. The first-order chi connectivity index (χ1) is 11.1. The summed E-state index contributed by atoms with van der Waals surface area (Å²) in [6, 6.07) is 12.0. The van der Waals surface area contributed by atoms with E-state index in [1.807, 2.05) is 13.0 Å². The lowest BCUT2D eigenvalue weighted by molar-refractivity contribution is 0.0955. The maximum Gasteiger partial charge on any atom is 0.271 e. The molecule has 2 aromatic carbocycles. The zero-order chi connectivity index (χ0) is 16.7. The number of ether oxygens (including phenoxy) is 2. The SMILES string of the molecule is CCOc1ccc(/C=N\NC(=O)c2cccc(Cl)c2)cc1OC. The van der Waals surface area contributed by atoms with Gasteiger partial charge in [-0.25, -0.2) is 5.43 Å². The van der Waals surface area contributed by atoms with Crippen molar-refractivity contribution in [3.63, 3.8) is 0 Å². The lowest BCUT2D eigenvalue weighted by Gasteiger charge is -2.09. The number of hydrogen-bond acceptors (Lipinski definition) is 4. The highest BCUT2D eigenvalue weighted by atomic mass is 35.5. The second-order valence-electron chi connectivity index (χ2n) is 4.55. The fourth-order valence-corrected chi connectivity index (χ4v) is 2.09. The minimum atomic E-state index is -0.332. The molecule has 1 amide bonds. The van der Waals surface area contributed by atoms with Crippen molar-refractivity contribution in [2.45, 2.75) is 6.92 Å². The summed E-state index contributed by atoms with van der Waals surface area (Å²) in [7, 11) is 1.57. The zero-order valence-corrected chi connectivity index (χ0v) is 13.6. The predicted molar refractivity (Wildman–Crippen MR) is 90.7 cm³/mol. The number of hydrogen-bond donors (Lipinski definition) is 1. The van der Waals surface area contributed by atoms with E-state index in [-0.39, 0.29) is 5.91 Å². The van der Waals surface area contributed by atoms with E-state index in [0.717, 1.165) is 5.56 Å². The smallest absolute Gasteiger partial charge is 0.271 e. The predicted octanol–water partition coefficient (Wildman–Crippen LogP) is 3.51. The highest BCUT2D eigenvalue weighted by Crippen LogP contribution is 2.27. The van der Waals surface area contributed by atoms with Gasteiger partial charge >= 0.3 is 0 Å². The van der Waals surface area contributed by atoms with Crippen molar-refractivity contribution < 1.29 is 14.3 Å². The first kappa shape index (κ1) is 16.8. The third-order valence-electron chi connectivity index (χ3n) is 2.95. The van der Waals surface area contributed by atoms with E-state index >= 15 is 0 Å². The van der Waals surface area contributed by atoms with Crippen molar-refractivity contribution in [3.05, 3.63) is 58.6 Å². The van der Waals surface area contributed by atoms with Gasteiger partial charge in [-0.3, -0.25) is 4.79 Å². The molecule has 0 aliphatic rings. The molecular formula is C17H17ClN2O3. The Morgan fingerprint density at radius 1 is 1.26 bits per heavy atom. The standard InChI is InChI=1S/C17H17ClN2O3/c1-3-23-15-8-7-12(9-16(15)22-2)11-19-20-17(21)13-5-4-6-14(18)10-13/h4-11H,3H2,1-2H3,(H,20,21)/b19-11-. The van der Waals surface area contributed by atoms with Crippen LogP contribution < -0.4 is 14.9 Å². The summed E-state index contributed by atoms with van der Waals surface area (Å²) in [5, 5.41) is 4.43. The van der Waals surface area contributed by atoms with Gasteiger partial charge in [0.1, 0.15) is 0 Å². The fourth-order valence-electron chi connectivity index (χ4n) is 1.90. The molecule has 0 saturated heterocycles. The molecule has 1 N–H and O–H groups in total. The Hall–Kier alpha value is -2.53. The topological polar surface area (TPSA) is 59.9 Å². The van der Waals surface area contributed by atoms with Crippen LogP contribution in [0.3, 0.4) is 0 Å². The van der Waals surface area contributed by atoms with Crippen molar-refractivity contribution in [3.8, 4) is 11.5 Å². The van der Waals surface area contributed by atoms with Gasteiger partial charge in [-0.15, -0.1) is 0 Å². The molecule has 23 heavy (non-hydrogen) atoms. The van der Waals surface area contributed by atoms with Crippen LogP contribution in [0.15, 0.2) is 47.6 Å². The molecule has 0 spiro atoms. The Bertz CT molecular complexity index is 717. The van der Waals surface area contributed by atoms with Crippen LogP contribution in [0.5, 0.6) is 11.5 Å². The van der Waals surface area contributed by atoms with Crippen molar-refractivity contribution in [1.82, 2.24) is 5.43 Å². The molecule has 6 heteroatoms. The largest absolute Gasteiger partial charge is 0.493 e. The molecule has 0 unspecified atom stereocenters. The summed E-state index contributed by atoms with van der Waals surface area (Å²) in [4.78, 5) is 11.9. The minimum absolute atomic E-state index is 0.332. The van der Waals surface area contributed by atoms with Gasteiger partial charge in [0.05, 0.1) is 19.9 Å². The molecule has 2 rings (SSSR count). The van der Waals surface area contributed by atoms with Gasteiger partial charge in [0.15, 0.2) is 11.5 Å². The lowest BCUT2D eigenvalue weighted by atomic mass is 10.2. The summed E-state index contributed by atoms with van der Waals surface area (Å²) in [6.45, 7) is 2.46. The number of amides is 1. The van der Waals surface area contributed by atoms with Crippen molar-refractivity contribution in [2.75, 3.05) is 13.7 Å². The van der Waals surface area contributed by atoms with Gasteiger partial charge in [-0.1, -0.05) is 17.7 Å². The molecular weight excluding hydrogens is 316 g/mol. The number of benzene rings is 2. The fraction of sp³-hybridized carbons (Fsp3) is 0.176. The average Bonchev–Trinajstić information content (AvgIpc) is 2.56. The summed E-state index contributed by atoms with van der Waals surface area (Å²) < 4.78 is 10.7. The van der Waals surface area contributed by atoms with Crippen LogP contribution >= 0.6 is 11.6 Å². The van der Waals surface area contributed by atoms with Crippen molar-refractivity contribution >= 4 is 23.7 Å². The molecule has 120 valence electrons. The van der Waals surface area contributed by atoms with E-state index in [4.69, 9.17) is 21.1 Å². The normalized spacial score (nSPS) is 10.6. The number of nitrogens with one attached hydrogen (secondary N) is 1. The molecule has 0 saturated carbocycles. The van der Waals surface area contributed by atoms with Crippen LogP contribution in [0.4, 0.5) is 0 Å². The molecule has 0 radical (unpaired) electrons. The monoisotopic (exact) mass is 332 g/mol. The second-order valence-corrected chi connectivity index (χ2v) is 4.99. The number of carbonyl (C=O) groups is 1. The van der Waals surface area contributed by atoms with Gasteiger partial charge in [0.2, 0.25) is 0 Å². The Balaban J connectivity index is 2.04. The molecule has 0 bridgehead atoms. The number of rotatable bonds is 6. The first-order valence-electron chi connectivity index (χ1n) is 7.04. The highest BCUT2D eigenvalue weighted by molar-refractivity contribution is 6.30. The van der Waals surface area contributed by atoms with Crippen LogP contribution in [-0.4, -0.2) is 25.8 Å². The number of nitrogens with zero attached hydrogens (tertiary/aromatic N) is 1. The minimum Gasteiger partial charge on any atom is -0.493 e. The summed E-state index contributed by atoms with van der Waals surface area (Å²) in [5.41, 5.74) is 3.67. The van der Waals surface area contributed by atoms with Crippen molar-refractivity contribution in [1.29, 1.82) is 0 Å². The summed E-state index contributed by atoms with van der Waals surface area (Å²) in [5.74, 6) is 0.939. The highest BCUT2D eigenvalue weighted by Gasteiger charge is 2.05. The Kier molecular flexibility index (Phi) is 6.00. The van der Waals surface area contributed by atoms with Gasteiger partial charge in [0, 0.05) is 10.6 Å². The van der Waals surface area contributed by atoms with Crippen LogP contribution in [0.2, 0.25) is 5.02 Å². The molecule has 0 fully saturated rings. The van der Waals surface area contributed by atoms with Crippen LogP contribution in [-0.2, 0) is 0 Å². The molecule has 0 heterocycles. The number of methoxy groups -OCH3 is 1. The van der Waals surface area contributed by atoms with Crippen LogP contribution in [0.1, 0.15) is 22.8 Å². The summed E-state index contributed by atoms with van der Waals surface area (Å²) in [6.07, 6.45) is 1.53. The average molecular weight is 333 g/mol. The van der Waals surface area contributed by atoms with E-state index in [9.17, 15) is 4.79 Å². The molecule has 0 aliphatic heterocycles. The molecule has 5 nitrogen and oxygen atoms in total. The van der Waals surface area contributed by atoms with E-state index in [1.165, 1.54) is 6.21 Å². The van der Waals surface area contributed by atoms with Gasteiger partial charge < -0.3 is 9.47 Å². The van der Waals surface area contributed by atoms with E-state index in [1.54, 1.807) is 43.5 Å². The third-order valence-corrected chi connectivity index (χ3v) is 3.19. The number of halogens is 1. The summed E-state index contributed by atoms with van der Waals surface area (Å²) >= 11 is 5.85. The van der Waals surface area contributed by atoms with Crippen LogP contribution in [0, 0.1) is 0 Å². The van der Waals surface area contributed by atoms with Gasteiger partial charge in [-0.2, -0.15) is 5.10 Å². The number of carbonyl (C=O) groups excluding carboxylic acids is 1. The second kappa shape index (κ2) is 8.19. The first-order valence-corrected chi connectivity index (χ1v) is 7.41. The molecule has 0 atom stereocenters. The quantitative estimate of drug-likeness (QED) is 0.650. The van der Waals surface area contributed by atoms with E-state index in [0.29, 0.717) is 28.7 Å². The Labute approximate surface area is 139 Å². The third kappa shape index (κ3) is 4.72. The van der Waals surface area contributed by atoms with Crippen molar-refractivity contribution in [2.24, 2.45) is 5.10 Å². The van der Waals surface area contributed by atoms with Gasteiger partial charge in [-0.05, 0) is 48.9 Å². The maximum atomic E-state index is 11.9. The van der Waals surface area contributed by atoms with Crippen LogP contribution in [0.25, 0.3) is 0 Å². The Morgan fingerprint density at radius 2 is 2.09 bits per heavy atom. The molecule has 0 aliphatic carbocycles. The lowest BCUT2D eigenvalue weighted by Crippen LogP contribution is -2.17. The molecule has 0 aromatic heterocycles.